The Morgan fingerprint density at radius 1 is 1.04 bits per heavy atom. The number of phenols is 1. The minimum Gasteiger partial charge on any atom is -0.508 e. The van der Waals surface area contributed by atoms with Crippen molar-refractivity contribution in [3.8, 4) is 11.4 Å². The van der Waals surface area contributed by atoms with Crippen LogP contribution in [0.1, 0.15) is 35.6 Å². The monoisotopic (exact) mass is 378 g/mol. The van der Waals surface area contributed by atoms with Gasteiger partial charge in [-0.3, -0.25) is 4.90 Å². The van der Waals surface area contributed by atoms with Crippen molar-refractivity contribution < 1.29 is 10.2 Å². The molecular formula is C22H26N4O2. The molecule has 1 aliphatic heterocycles. The summed E-state index contributed by atoms with van der Waals surface area (Å²) < 4.78 is 1.80. The van der Waals surface area contributed by atoms with Crippen molar-refractivity contribution in [2.45, 2.75) is 31.7 Å². The molecule has 28 heavy (non-hydrogen) atoms. The number of nitrogens with zero attached hydrogens (tertiary/aromatic N) is 4. The number of piperidine rings is 1. The van der Waals surface area contributed by atoms with Crippen molar-refractivity contribution in [2.75, 3.05) is 19.7 Å². The van der Waals surface area contributed by atoms with Gasteiger partial charge >= 0.3 is 0 Å². The summed E-state index contributed by atoms with van der Waals surface area (Å²) in [4.78, 5) is 2.41. The maximum absolute atomic E-state index is 9.69. The van der Waals surface area contributed by atoms with E-state index in [4.69, 9.17) is 5.11 Å². The lowest BCUT2D eigenvalue weighted by Crippen LogP contribution is -2.32. The first-order chi connectivity index (χ1) is 13.7. The van der Waals surface area contributed by atoms with Gasteiger partial charge in [0.1, 0.15) is 5.75 Å². The highest BCUT2D eigenvalue weighted by Gasteiger charge is 2.21. The lowest BCUT2D eigenvalue weighted by molar-refractivity contribution is 0.202. The van der Waals surface area contributed by atoms with Crippen molar-refractivity contribution in [3.05, 3.63) is 71.5 Å². The number of aliphatic hydroxyl groups excluding tert-OH is 1. The fourth-order valence-electron chi connectivity index (χ4n) is 3.87. The maximum Gasteiger partial charge on any atom is 0.115 e. The SMILES string of the molecule is OCCc1ccc(-n2cc(CN3CCC(c4cccc(O)c4)CC3)nn2)cc1. The second-order valence-corrected chi connectivity index (χ2v) is 7.44. The van der Waals surface area contributed by atoms with Gasteiger partial charge in [0, 0.05) is 13.2 Å². The molecule has 6 nitrogen and oxygen atoms in total. The Morgan fingerprint density at radius 3 is 2.54 bits per heavy atom. The molecule has 0 bridgehead atoms. The number of rotatable bonds is 6. The normalized spacial score (nSPS) is 15.8. The largest absolute Gasteiger partial charge is 0.508 e. The summed E-state index contributed by atoms with van der Waals surface area (Å²) in [5.41, 5.74) is 4.29. The van der Waals surface area contributed by atoms with Gasteiger partial charge in [-0.25, -0.2) is 4.68 Å². The van der Waals surface area contributed by atoms with Gasteiger partial charge in [0.25, 0.3) is 0 Å². The first-order valence-corrected chi connectivity index (χ1v) is 9.84. The van der Waals surface area contributed by atoms with Crippen LogP contribution in [0, 0.1) is 0 Å². The van der Waals surface area contributed by atoms with E-state index >= 15 is 0 Å². The number of aliphatic hydroxyl groups is 1. The predicted molar refractivity (Wildman–Crippen MR) is 108 cm³/mol. The highest BCUT2D eigenvalue weighted by molar-refractivity contribution is 5.34. The standard InChI is InChI=1S/C22H26N4O2/c27-13-10-17-4-6-21(7-5-17)26-16-20(23-24-26)15-25-11-8-18(9-12-25)19-2-1-3-22(28)14-19/h1-7,14,16,18,27-28H,8-13,15H2. The average Bonchev–Trinajstić information content (AvgIpc) is 3.18. The third-order valence-electron chi connectivity index (χ3n) is 5.46. The van der Waals surface area contributed by atoms with Crippen LogP contribution in [0.15, 0.2) is 54.7 Å². The summed E-state index contributed by atoms with van der Waals surface area (Å²) in [7, 11) is 0. The van der Waals surface area contributed by atoms with E-state index in [1.807, 2.05) is 42.6 Å². The molecule has 146 valence electrons. The first kappa shape index (κ1) is 18.7. The molecule has 1 aromatic heterocycles. The number of aromatic hydroxyl groups is 1. The molecule has 6 heteroatoms. The second-order valence-electron chi connectivity index (χ2n) is 7.44. The molecule has 0 atom stereocenters. The fraction of sp³-hybridized carbons (Fsp3) is 0.364. The van der Waals surface area contributed by atoms with Gasteiger partial charge < -0.3 is 10.2 Å². The number of likely N-dealkylation sites (tertiary alicyclic amines) is 1. The van der Waals surface area contributed by atoms with Crippen LogP contribution in [0.25, 0.3) is 5.69 Å². The number of hydrogen-bond acceptors (Lipinski definition) is 5. The van der Waals surface area contributed by atoms with E-state index in [0.717, 1.165) is 49.4 Å². The van der Waals surface area contributed by atoms with Crippen molar-refractivity contribution >= 4 is 0 Å². The summed E-state index contributed by atoms with van der Waals surface area (Å²) >= 11 is 0. The van der Waals surface area contributed by atoms with Crippen LogP contribution in [0.5, 0.6) is 5.75 Å². The Bertz CT molecular complexity index is 899. The van der Waals surface area contributed by atoms with Crippen LogP contribution in [-0.2, 0) is 13.0 Å². The van der Waals surface area contributed by atoms with E-state index in [-0.39, 0.29) is 6.61 Å². The lowest BCUT2D eigenvalue weighted by Gasteiger charge is -2.31. The molecule has 0 radical (unpaired) electrons. The molecule has 0 saturated carbocycles. The molecule has 2 heterocycles. The quantitative estimate of drug-likeness (QED) is 0.690. The summed E-state index contributed by atoms with van der Waals surface area (Å²) in [5, 5.41) is 27.3. The van der Waals surface area contributed by atoms with Crippen LogP contribution in [0.3, 0.4) is 0 Å². The summed E-state index contributed by atoms with van der Waals surface area (Å²) in [6.07, 6.45) is 4.83. The van der Waals surface area contributed by atoms with Crippen molar-refractivity contribution in [2.24, 2.45) is 0 Å². The van der Waals surface area contributed by atoms with Crippen LogP contribution in [-0.4, -0.2) is 49.8 Å². The smallest absolute Gasteiger partial charge is 0.115 e. The average molecular weight is 378 g/mol. The molecule has 2 N–H and O–H groups in total. The molecule has 0 amide bonds. The van der Waals surface area contributed by atoms with E-state index in [1.165, 1.54) is 5.56 Å². The maximum atomic E-state index is 9.69. The van der Waals surface area contributed by atoms with Gasteiger partial charge in [0.15, 0.2) is 0 Å². The van der Waals surface area contributed by atoms with Gasteiger partial charge in [0.2, 0.25) is 0 Å². The van der Waals surface area contributed by atoms with Crippen molar-refractivity contribution in [1.82, 2.24) is 19.9 Å². The number of phenolic OH excluding ortho intramolecular Hbond substituents is 1. The fourth-order valence-corrected chi connectivity index (χ4v) is 3.87. The molecule has 2 aromatic carbocycles. The van der Waals surface area contributed by atoms with E-state index in [1.54, 1.807) is 10.7 Å². The Balaban J connectivity index is 1.33. The Hall–Kier alpha value is -2.70. The number of aromatic nitrogens is 3. The summed E-state index contributed by atoms with van der Waals surface area (Å²) in [6.45, 7) is 3.00. The predicted octanol–water partition coefficient (Wildman–Crippen LogP) is 2.89. The highest BCUT2D eigenvalue weighted by atomic mass is 16.3. The molecule has 0 aliphatic carbocycles. The molecule has 3 aromatic rings. The van der Waals surface area contributed by atoms with E-state index in [9.17, 15) is 5.11 Å². The van der Waals surface area contributed by atoms with Crippen molar-refractivity contribution in [1.29, 1.82) is 0 Å². The summed E-state index contributed by atoms with van der Waals surface area (Å²) in [6, 6.07) is 15.7. The van der Waals surface area contributed by atoms with Crippen LogP contribution < -0.4 is 0 Å². The minimum absolute atomic E-state index is 0.162. The van der Waals surface area contributed by atoms with Gasteiger partial charge in [-0.2, -0.15) is 0 Å². The molecule has 4 rings (SSSR count). The van der Waals surface area contributed by atoms with Gasteiger partial charge in [-0.15, -0.1) is 5.10 Å². The topological polar surface area (TPSA) is 74.4 Å². The first-order valence-electron chi connectivity index (χ1n) is 9.84. The Labute approximate surface area is 165 Å². The molecule has 1 fully saturated rings. The van der Waals surface area contributed by atoms with Crippen LogP contribution in [0.2, 0.25) is 0 Å². The third-order valence-corrected chi connectivity index (χ3v) is 5.46. The zero-order valence-electron chi connectivity index (χ0n) is 15.9. The molecular weight excluding hydrogens is 352 g/mol. The zero-order chi connectivity index (χ0) is 19.3. The second kappa shape index (κ2) is 8.54. The van der Waals surface area contributed by atoms with Gasteiger partial charge in [-0.1, -0.05) is 29.5 Å². The van der Waals surface area contributed by atoms with Crippen LogP contribution in [0.4, 0.5) is 0 Å². The third kappa shape index (κ3) is 4.40. The van der Waals surface area contributed by atoms with E-state index < -0.39 is 0 Å². The highest BCUT2D eigenvalue weighted by Crippen LogP contribution is 2.30. The summed E-state index contributed by atoms with van der Waals surface area (Å²) in [5.74, 6) is 0.859. The van der Waals surface area contributed by atoms with E-state index in [0.29, 0.717) is 18.1 Å². The van der Waals surface area contributed by atoms with Gasteiger partial charge in [-0.05, 0) is 73.7 Å². The molecule has 1 saturated heterocycles. The minimum atomic E-state index is 0.162. The number of benzene rings is 2. The molecule has 1 aliphatic rings. The molecule has 0 unspecified atom stereocenters. The zero-order valence-corrected chi connectivity index (χ0v) is 15.9. The molecule has 0 spiro atoms. The Kier molecular flexibility index (Phi) is 5.69. The Morgan fingerprint density at radius 2 is 1.82 bits per heavy atom. The van der Waals surface area contributed by atoms with E-state index in [2.05, 4.69) is 21.3 Å². The number of hydrogen-bond donors (Lipinski definition) is 2. The van der Waals surface area contributed by atoms with Crippen LogP contribution >= 0.6 is 0 Å². The lowest BCUT2D eigenvalue weighted by atomic mass is 9.89. The van der Waals surface area contributed by atoms with Gasteiger partial charge in [0.05, 0.1) is 17.6 Å². The van der Waals surface area contributed by atoms with Crippen molar-refractivity contribution in [3.63, 3.8) is 0 Å².